The molecule has 112 valence electrons. The van der Waals surface area contributed by atoms with E-state index in [1.54, 1.807) is 0 Å². The van der Waals surface area contributed by atoms with Crippen LogP contribution < -0.4 is 10.6 Å². The highest BCUT2D eigenvalue weighted by Crippen LogP contribution is 2.33. The van der Waals surface area contributed by atoms with E-state index in [-0.39, 0.29) is 11.3 Å². The first-order chi connectivity index (χ1) is 9.73. The molecule has 0 aliphatic heterocycles. The summed E-state index contributed by atoms with van der Waals surface area (Å²) in [5, 5.41) is 9.92. The molecular formula is C18H25N3. The summed E-state index contributed by atoms with van der Waals surface area (Å²) >= 11 is 0. The number of fused-ring (bicyclic) bond motifs is 1. The van der Waals surface area contributed by atoms with Gasteiger partial charge in [0, 0.05) is 29.7 Å². The van der Waals surface area contributed by atoms with Crippen molar-refractivity contribution < 1.29 is 0 Å². The lowest BCUT2D eigenvalue weighted by Gasteiger charge is -2.37. The average Bonchev–Trinajstić information content (AvgIpc) is 2.43. The van der Waals surface area contributed by atoms with Gasteiger partial charge in [0.25, 0.3) is 0 Å². The minimum absolute atomic E-state index is 0.115. The van der Waals surface area contributed by atoms with Crippen LogP contribution in [-0.4, -0.2) is 18.9 Å². The number of hydrogen-bond donors (Lipinski definition) is 2. The second-order valence-electron chi connectivity index (χ2n) is 6.74. The van der Waals surface area contributed by atoms with Gasteiger partial charge in [0.1, 0.15) is 5.84 Å². The third-order valence-electron chi connectivity index (χ3n) is 4.41. The van der Waals surface area contributed by atoms with Crippen molar-refractivity contribution in [2.75, 3.05) is 11.9 Å². The lowest BCUT2D eigenvalue weighted by molar-refractivity contribution is 0.330. The van der Waals surface area contributed by atoms with Crippen molar-refractivity contribution in [3.63, 3.8) is 0 Å². The molecule has 2 rings (SSSR count). The zero-order valence-corrected chi connectivity index (χ0v) is 13.6. The molecule has 3 heteroatoms. The molecule has 0 amide bonds. The second kappa shape index (κ2) is 5.40. The predicted molar refractivity (Wildman–Crippen MR) is 92.3 cm³/mol. The molecule has 0 saturated carbocycles. The summed E-state index contributed by atoms with van der Waals surface area (Å²) in [7, 11) is 2.13. The quantitative estimate of drug-likeness (QED) is 0.661. The molecule has 21 heavy (non-hydrogen) atoms. The lowest BCUT2D eigenvalue weighted by Crippen LogP contribution is -2.39. The third kappa shape index (κ3) is 2.87. The van der Waals surface area contributed by atoms with Gasteiger partial charge in [-0.25, -0.2) is 0 Å². The summed E-state index contributed by atoms with van der Waals surface area (Å²) in [5.74, 6) is 0.115. The van der Waals surface area contributed by atoms with E-state index in [1.807, 2.05) is 24.3 Å². The fourth-order valence-corrected chi connectivity index (χ4v) is 2.62. The first-order valence-electron chi connectivity index (χ1n) is 7.32. The topological polar surface area (TPSA) is 53.1 Å². The molecule has 3 nitrogen and oxygen atoms in total. The molecule has 1 unspecified atom stereocenters. The highest BCUT2D eigenvalue weighted by molar-refractivity contribution is 6.10. The van der Waals surface area contributed by atoms with Gasteiger partial charge < -0.3 is 10.6 Å². The molecule has 0 bridgehead atoms. The Morgan fingerprint density at radius 2 is 1.67 bits per heavy atom. The Bertz CT molecular complexity index is 668. The summed E-state index contributed by atoms with van der Waals surface area (Å²) in [6, 6.07) is 12.6. The Balaban J connectivity index is 2.61. The number of nitrogen functional groups attached to an aromatic ring is 1. The van der Waals surface area contributed by atoms with Crippen molar-refractivity contribution in [2.24, 2.45) is 11.1 Å². The van der Waals surface area contributed by atoms with Gasteiger partial charge in [0.15, 0.2) is 0 Å². The Hall–Kier alpha value is -2.03. The maximum Gasteiger partial charge on any atom is 0.123 e. The molecule has 0 radical (unpaired) electrons. The Kier molecular flexibility index (Phi) is 3.95. The summed E-state index contributed by atoms with van der Waals surface area (Å²) in [6.07, 6.45) is 0. The Morgan fingerprint density at radius 1 is 1.10 bits per heavy atom. The molecule has 0 saturated heterocycles. The van der Waals surface area contributed by atoms with Crippen molar-refractivity contribution in [2.45, 2.75) is 33.7 Å². The number of anilines is 1. The van der Waals surface area contributed by atoms with Crippen LogP contribution in [0, 0.1) is 10.8 Å². The van der Waals surface area contributed by atoms with E-state index in [2.05, 4.69) is 51.8 Å². The van der Waals surface area contributed by atoms with Gasteiger partial charge in [0.05, 0.1) is 0 Å². The number of rotatable bonds is 3. The molecule has 0 fully saturated rings. The standard InChI is InChI=1S/C18H25N3/c1-12(18(2,3)4)21(5)16-11-10-15(17(19)20)13-8-6-7-9-14(13)16/h6-12H,1-5H3,(H3,19,20). The van der Waals surface area contributed by atoms with E-state index in [4.69, 9.17) is 11.1 Å². The highest BCUT2D eigenvalue weighted by Gasteiger charge is 2.25. The van der Waals surface area contributed by atoms with E-state index in [9.17, 15) is 0 Å². The van der Waals surface area contributed by atoms with Crippen molar-refractivity contribution in [3.05, 3.63) is 42.0 Å². The first-order valence-corrected chi connectivity index (χ1v) is 7.32. The SMILES string of the molecule is CC(N(C)c1ccc(C(=N)N)c2ccccc12)C(C)(C)C. The summed E-state index contributed by atoms with van der Waals surface area (Å²) in [4.78, 5) is 2.31. The number of nitrogens with zero attached hydrogens (tertiary/aromatic N) is 1. The van der Waals surface area contributed by atoms with E-state index in [0.29, 0.717) is 6.04 Å². The number of nitrogens with two attached hydrogens (primary N) is 1. The van der Waals surface area contributed by atoms with Crippen molar-refractivity contribution in [1.82, 2.24) is 0 Å². The van der Waals surface area contributed by atoms with Crippen LogP contribution in [-0.2, 0) is 0 Å². The van der Waals surface area contributed by atoms with Gasteiger partial charge in [-0.3, -0.25) is 5.41 Å². The number of amidine groups is 1. The van der Waals surface area contributed by atoms with Gasteiger partial charge >= 0.3 is 0 Å². The number of nitrogens with one attached hydrogen (secondary N) is 1. The Labute approximate surface area is 127 Å². The molecule has 0 aliphatic carbocycles. The van der Waals surface area contributed by atoms with Crippen LogP contribution in [0.2, 0.25) is 0 Å². The van der Waals surface area contributed by atoms with Crippen LogP contribution in [0.4, 0.5) is 5.69 Å². The van der Waals surface area contributed by atoms with Crippen LogP contribution in [0.25, 0.3) is 10.8 Å². The normalized spacial score (nSPS) is 13.2. The summed E-state index contributed by atoms with van der Waals surface area (Å²) < 4.78 is 0. The molecular weight excluding hydrogens is 258 g/mol. The van der Waals surface area contributed by atoms with Gasteiger partial charge in [-0.05, 0) is 29.9 Å². The Morgan fingerprint density at radius 3 is 2.19 bits per heavy atom. The molecule has 3 N–H and O–H groups in total. The molecule has 0 aromatic heterocycles. The van der Waals surface area contributed by atoms with Gasteiger partial charge in [-0.15, -0.1) is 0 Å². The molecule has 1 atom stereocenters. The zero-order valence-electron chi connectivity index (χ0n) is 13.6. The van der Waals surface area contributed by atoms with Crippen LogP contribution >= 0.6 is 0 Å². The molecule has 2 aromatic rings. The largest absolute Gasteiger partial charge is 0.384 e. The van der Waals surface area contributed by atoms with Crippen LogP contribution in [0.15, 0.2) is 36.4 Å². The lowest BCUT2D eigenvalue weighted by atomic mass is 9.86. The fraction of sp³-hybridized carbons (Fsp3) is 0.389. The van der Waals surface area contributed by atoms with E-state index in [0.717, 1.165) is 16.3 Å². The van der Waals surface area contributed by atoms with Crippen LogP contribution in [0.1, 0.15) is 33.3 Å². The molecule has 2 aromatic carbocycles. The number of hydrogen-bond acceptors (Lipinski definition) is 2. The van der Waals surface area contributed by atoms with Gasteiger partial charge in [-0.2, -0.15) is 0 Å². The van der Waals surface area contributed by atoms with Crippen LogP contribution in [0.5, 0.6) is 0 Å². The molecule has 0 aliphatic rings. The third-order valence-corrected chi connectivity index (χ3v) is 4.41. The highest BCUT2D eigenvalue weighted by atomic mass is 15.1. The maximum atomic E-state index is 7.74. The number of benzene rings is 2. The maximum absolute atomic E-state index is 7.74. The summed E-state index contributed by atoms with van der Waals surface area (Å²) in [6.45, 7) is 8.99. The van der Waals surface area contributed by atoms with Gasteiger partial charge in [-0.1, -0.05) is 45.0 Å². The summed E-state index contributed by atoms with van der Waals surface area (Å²) in [5.41, 5.74) is 7.87. The minimum Gasteiger partial charge on any atom is -0.384 e. The van der Waals surface area contributed by atoms with E-state index < -0.39 is 0 Å². The van der Waals surface area contributed by atoms with Crippen LogP contribution in [0.3, 0.4) is 0 Å². The first kappa shape index (κ1) is 15.4. The molecule has 0 heterocycles. The average molecular weight is 283 g/mol. The van der Waals surface area contributed by atoms with E-state index >= 15 is 0 Å². The van der Waals surface area contributed by atoms with Gasteiger partial charge in [0.2, 0.25) is 0 Å². The monoisotopic (exact) mass is 283 g/mol. The van der Waals surface area contributed by atoms with Crippen molar-refractivity contribution in [3.8, 4) is 0 Å². The van der Waals surface area contributed by atoms with Crippen molar-refractivity contribution in [1.29, 1.82) is 5.41 Å². The fourth-order valence-electron chi connectivity index (χ4n) is 2.62. The zero-order chi connectivity index (χ0) is 15.8. The molecule has 0 spiro atoms. The predicted octanol–water partition coefficient (Wildman–Crippen LogP) is 3.99. The van der Waals surface area contributed by atoms with Crippen molar-refractivity contribution >= 4 is 22.3 Å². The second-order valence-corrected chi connectivity index (χ2v) is 6.74. The minimum atomic E-state index is 0.115. The smallest absolute Gasteiger partial charge is 0.123 e. The van der Waals surface area contributed by atoms with E-state index in [1.165, 1.54) is 5.69 Å².